The SMILES string of the molecule is CCCS(=O)(=O)N(C)C(C)Cc1cccs1. The van der Waals surface area contributed by atoms with E-state index in [0.29, 0.717) is 6.42 Å². The Balaban J connectivity index is 2.63. The van der Waals surface area contributed by atoms with Gasteiger partial charge in [0.1, 0.15) is 0 Å². The number of likely N-dealkylation sites (N-methyl/N-ethyl adjacent to an activating group) is 1. The van der Waals surface area contributed by atoms with E-state index < -0.39 is 10.0 Å². The molecule has 1 aromatic heterocycles. The molecule has 0 aromatic carbocycles. The molecule has 0 aliphatic carbocycles. The van der Waals surface area contributed by atoms with Gasteiger partial charge >= 0.3 is 0 Å². The van der Waals surface area contributed by atoms with E-state index in [1.807, 2.05) is 31.4 Å². The van der Waals surface area contributed by atoms with Gasteiger partial charge < -0.3 is 0 Å². The summed E-state index contributed by atoms with van der Waals surface area (Å²) >= 11 is 1.67. The van der Waals surface area contributed by atoms with E-state index >= 15 is 0 Å². The third-order valence-corrected chi connectivity index (χ3v) is 5.66. The molecule has 0 aliphatic heterocycles. The Hall–Kier alpha value is -0.390. The standard InChI is InChI=1S/C11H19NO2S2/c1-4-8-16(13,14)12(3)10(2)9-11-6-5-7-15-11/h5-7,10H,4,8-9H2,1-3H3. The minimum atomic E-state index is -3.07. The second-order valence-electron chi connectivity index (χ2n) is 3.96. The maximum absolute atomic E-state index is 11.8. The van der Waals surface area contributed by atoms with Crippen molar-refractivity contribution in [1.82, 2.24) is 4.31 Å². The van der Waals surface area contributed by atoms with Crippen LogP contribution < -0.4 is 0 Å². The Labute approximate surface area is 102 Å². The number of hydrogen-bond acceptors (Lipinski definition) is 3. The molecule has 0 fully saturated rings. The molecule has 16 heavy (non-hydrogen) atoms. The third-order valence-electron chi connectivity index (χ3n) is 2.60. The van der Waals surface area contributed by atoms with Crippen molar-refractivity contribution in [2.45, 2.75) is 32.7 Å². The summed E-state index contributed by atoms with van der Waals surface area (Å²) in [6.07, 6.45) is 1.45. The van der Waals surface area contributed by atoms with Gasteiger partial charge in [0.05, 0.1) is 5.75 Å². The predicted molar refractivity (Wildman–Crippen MR) is 69.3 cm³/mol. The van der Waals surface area contributed by atoms with Crippen molar-refractivity contribution in [1.29, 1.82) is 0 Å². The van der Waals surface area contributed by atoms with Crippen LogP contribution in [-0.4, -0.2) is 31.6 Å². The van der Waals surface area contributed by atoms with Gasteiger partial charge in [-0.05, 0) is 31.2 Å². The lowest BCUT2D eigenvalue weighted by molar-refractivity contribution is 0.388. The topological polar surface area (TPSA) is 37.4 Å². The van der Waals surface area contributed by atoms with E-state index in [1.54, 1.807) is 18.4 Å². The average Bonchev–Trinajstić information content (AvgIpc) is 2.69. The monoisotopic (exact) mass is 261 g/mol. The van der Waals surface area contributed by atoms with Gasteiger partial charge in [0, 0.05) is 18.0 Å². The van der Waals surface area contributed by atoms with Crippen molar-refractivity contribution in [3.63, 3.8) is 0 Å². The fourth-order valence-corrected chi connectivity index (χ4v) is 3.78. The number of nitrogens with zero attached hydrogens (tertiary/aromatic N) is 1. The minimum absolute atomic E-state index is 0.0233. The highest BCUT2D eigenvalue weighted by Gasteiger charge is 2.22. The van der Waals surface area contributed by atoms with Crippen LogP contribution >= 0.6 is 11.3 Å². The summed E-state index contributed by atoms with van der Waals surface area (Å²) in [6, 6.07) is 4.06. The molecule has 0 radical (unpaired) electrons. The highest BCUT2D eigenvalue weighted by Crippen LogP contribution is 2.15. The van der Waals surface area contributed by atoms with Crippen LogP contribution in [0.15, 0.2) is 17.5 Å². The molecule has 0 saturated heterocycles. The molecule has 1 unspecified atom stereocenters. The van der Waals surface area contributed by atoms with E-state index in [0.717, 1.165) is 6.42 Å². The molecule has 3 nitrogen and oxygen atoms in total. The normalized spacial score (nSPS) is 14.2. The van der Waals surface area contributed by atoms with Crippen molar-refractivity contribution in [3.05, 3.63) is 22.4 Å². The van der Waals surface area contributed by atoms with Crippen LogP contribution in [0.5, 0.6) is 0 Å². The molecular weight excluding hydrogens is 242 g/mol. The van der Waals surface area contributed by atoms with Crippen LogP contribution in [0, 0.1) is 0 Å². The van der Waals surface area contributed by atoms with E-state index in [9.17, 15) is 8.42 Å². The molecule has 1 atom stereocenters. The van der Waals surface area contributed by atoms with E-state index in [-0.39, 0.29) is 11.8 Å². The van der Waals surface area contributed by atoms with Gasteiger partial charge in [-0.2, -0.15) is 0 Å². The molecule has 1 rings (SSSR count). The first-order valence-electron chi connectivity index (χ1n) is 5.45. The van der Waals surface area contributed by atoms with Gasteiger partial charge in [-0.15, -0.1) is 11.3 Å². The third kappa shape index (κ3) is 3.57. The molecule has 0 saturated carbocycles. The molecule has 5 heteroatoms. The highest BCUT2D eigenvalue weighted by molar-refractivity contribution is 7.89. The molecule has 0 N–H and O–H groups in total. The Morgan fingerprint density at radius 3 is 2.69 bits per heavy atom. The lowest BCUT2D eigenvalue weighted by Gasteiger charge is -2.23. The lowest BCUT2D eigenvalue weighted by Crippen LogP contribution is -2.37. The number of sulfonamides is 1. The maximum Gasteiger partial charge on any atom is 0.214 e. The van der Waals surface area contributed by atoms with Gasteiger partial charge in [0.25, 0.3) is 0 Å². The zero-order valence-corrected chi connectivity index (χ0v) is 11.6. The molecule has 92 valence electrons. The number of hydrogen-bond donors (Lipinski definition) is 0. The number of thiophene rings is 1. The van der Waals surface area contributed by atoms with Crippen LogP contribution in [0.2, 0.25) is 0 Å². The minimum Gasteiger partial charge on any atom is -0.212 e. The van der Waals surface area contributed by atoms with Gasteiger partial charge in [0.15, 0.2) is 0 Å². The largest absolute Gasteiger partial charge is 0.214 e. The molecule has 0 bridgehead atoms. The first-order valence-corrected chi connectivity index (χ1v) is 7.94. The lowest BCUT2D eigenvalue weighted by atomic mass is 10.2. The van der Waals surface area contributed by atoms with E-state index in [1.165, 1.54) is 9.18 Å². The summed E-state index contributed by atoms with van der Waals surface area (Å²) in [5.41, 5.74) is 0. The molecular formula is C11H19NO2S2. The summed E-state index contributed by atoms with van der Waals surface area (Å²) in [5, 5.41) is 2.02. The summed E-state index contributed by atoms with van der Waals surface area (Å²) in [5.74, 6) is 0.234. The predicted octanol–water partition coefficient (Wildman–Crippen LogP) is 2.35. The van der Waals surface area contributed by atoms with Crippen molar-refractivity contribution >= 4 is 21.4 Å². The Kier molecular flexibility index (Phi) is 4.95. The van der Waals surface area contributed by atoms with E-state index in [2.05, 4.69) is 0 Å². The first kappa shape index (κ1) is 13.7. The van der Waals surface area contributed by atoms with Crippen LogP contribution in [0.4, 0.5) is 0 Å². The fourth-order valence-electron chi connectivity index (χ4n) is 1.52. The van der Waals surface area contributed by atoms with Crippen molar-refractivity contribution < 1.29 is 8.42 Å². The van der Waals surface area contributed by atoms with E-state index in [4.69, 9.17) is 0 Å². The summed E-state index contributed by atoms with van der Waals surface area (Å²) in [4.78, 5) is 1.23. The van der Waals surface area contributed by atoms with Gasteiger partial charge in [-0.25, -0.2) is 12.7 Å². The first-order chi connectivity index (χ1) is 7.47. The fraction of sp³-hybridized carbons (Fsp3) is 0.636. The quantitative estimate of drug-likeness (QED) is 0.788. The molecule has 0 aliphatic rings. The number of rotatable bonds is 6. The highest BCUT2D eigenvalue weighted by atomic mass is 32.2. The summed E-state index contributed by atoms with van der Waals surface area (Å²) in [7, 11) is -1.40. The van der Waals surface area contributed by atoms with Gasteiger partial charge in [0.2, 0.25) is 10.0 Å². The van der Waals surface area contributed by atoms with Crippen molar-refractivity contribution in [2.24, 2.45) is 0 Å². The second kappa shape index (κ2) is 5.80. The van der Waals surface area contributed by atoms with Crippen molar-refractivity contribution in [2.75, 3.05) is 12.8 Å². The van der Waals surface area contributed by atoms with Crippen LogP contribution in [-0.2, 0) is 16.4 Å². The second-order valence-corrected chi connectivity index (χ2v) is 7.15. The zero-order chi connectivity index (χ0) is 12.2. The van der Waals surface area contributed by atoms with Crippen LogP contribution in [0.3, 0.4) is 0 Å². The Morgan fingerprint density at radius 1 is 1.50 bits per heavy atom. The van der Waals surface area contributed by atoms with Gasteiger partial charge in [-0.3, -0.25) is 0 Å². The zero-order valence-electron chi connectivity index (χ0n) is 10.0. The molecule has 0 spiro atoms. The molecule has 1 heterocycles. The summed E-state index contributed by atoms with van der Waals surface area (Å²) < 4.78 is 25.2. The summed E-state index contributed by atoms with van der Waals surface area (Å²) in [6.45, 7) is 3.84. The maximum atomic E-state index is 11.8. The average molecular weight is 261 g/mol. The van der Waals surface area contributed by atoms with Crippen LogP contribution in [0.25, 0.3) is 0 Å². The molecule has 1 aromatic rings. The molecule has 0 amide bonds. The van der Waals surface area contributed by atoms with Crippen LogP contribution in [0.1, 0.15) is 25.1 Å². The Morgan fingerprint density at radius 2 is 2.19 bits per heavy atom. The van der Waals surface area contributed by atoms with Crippen molar-refractivity contribution in [3.8, 4) is 0 Å². The Bertz CT molecular complexity index is 398. The van der Waals surface area contributed by atoms with Gasteiger partial charge in [-0.1, -0.05) is 13.0 Å². The smallest absolute Gasteiger partial charge is 0.212 e.